The Hall–Kier alpha value is -0.240. The van der Waals surface area contributed by atoms with E-state index in [1.807, 2.05) is 27.7 Å². The largest absolute Gasteiger partial charge is 0.376 e. The lowest BCUT2D eigenvalue weighted by molar-refractivity contribution is -0.234. The molecule has 3 aliphatic heterocycles. The van der Waals surface area contributed by atoms with Crippen molar-refractivity contribution in [3.05, 3.63) is 0 Å². The third-order valence-electron chi connectivity index (χ3n) is 3.70. The summed E-state index contributed by atoms with van der Waals surface area (Å²) in [7, 11) is 1.65. The lowest BCUT2D eigenvalue weighted by Crippen LogP contribution is -2.43. The highest BCUT2D eigenvalue weighted by molar-refractivity contribution is 4.98. The van der Waals surface area contributed by atoms with Gasteiger partial charge in [-0.05, 0) is 27.7 Å². The topological polar surface area (TPSA) is 55.4 Å². The van der Waals surface area contributed by atoms with Gasteiger partial charge in [0.1, 0.15) is 24.4 Å². The van der Waals surface area contributed by atoms with E-state index in [2.05, 4.69) is 0 Å². The molecule has 6 heteroatoms. The van der Waals surface area contributed by atoms with Gasteiger partial charge in [0, 0.05) is 7.11 Å². The summed E-state index contributed by atoms with van der Waals surface area (Å²) >= 11 is 0. The quantitative estimate of drug-likeness (QED) is 0.749. The first-order valence-corrected chi connectivity index (χ1v) is 6.67. The summed E-state index contributed by atoms with van der Waals surface area (Å²) in [4.78, 5) is 0. The Kier molecular flexibility index (Phi) is 3.16. The first kappa shape index (κ1) is 13.7. The average molecular weight is 274 g/mol. The first-order chi connectivity index (χ1) is 8.81. The Labute approximate surface area is 113 Å². The molecule has 0 aliphatic carbocycles. The van der Waals surface area contributed by atoms with Crippen LogP contribution >= 0.6 is 0 Å². The highest BCUT2D eigenvalue weighted by Crippen LogP contribution is 2.41. The summed E-state index contributed by atoms with van der Waals surface area (Å²) in [6, 6.07) is 0. The predicted molar refractivity (Wildman–Crippen MR) is 64.4 cm³/mol. The fourth-order valence-corrected chi connectivity index (χ4v) is 2.95. The number of fused-ring (bicyclic) bond motifs is 1. The zero-order chi connectivity index (χ0) is 13.8. The molecule has 0 spiro atoms. The summed E-state index contributed by atoms with van der Waals surface area (Å²) in [5, 5.41) is 0. The van der Waals surface area contributed by atoms with Gasteiger partial charge < -0.3 is 28.4 Å². The molecule has 3 rings (SSSR count). The van der Waals surface area contributed by atoms with E-state index >= 15 is 0 Å². The van der Waals surface area contributed by atoms with Crippen molar-refractivity contribution in [3.8, 4) is 0 Å². The predicted octanol–water partition coefficient (Wildman–Crippen LogP) is 1.03. The third kappa shape index (κ3) is 2.41. The van der Waals surface area contributed by atoms with E-state index in [0.717, 1.165) is 0 Å². The summed E-state index contributed by atoms with van der Waals surface area (Å²) in [6.45, 7) is 8.01. The molecule has 0 aromatic heterocycles. The summed E-state index contributed by atoms with van der Waals surface area (Å²) in [6.07, 6.45) is -1.25. The molecule has 0 radical (unpaired) electrons. The van der Waals surface area contributed by atoms with Crippen molar-refractivity contribution in [2.45, 2.75) is 70.0 Å². The minimum atomic E-state index is -0.636. The van der Waals surface area contributed by atoms with Gasteiger partial charge in [0.05, 0.1) is 6.61 Å². The minimum Gasteiger partial charge on any atom is -0.376 e. The van der Waals surface area contributed by atoms with Crippen LogP contribution in [0.3, 0.4) is 0 Å². The van der Waals surface area contributed by atoms with E-state index in [1.165, 1.54) is 0 Å². The van der Waals surface area contributed by atoms with Crippen LogP contribution in [0.25, 0.3) is 0 Å². The van der Waals surface area contributed by atoms with Crippen LogP contribution in [-0.4, -0.2) is 56.0 Å². The van der Waals surface area contributed by atoms with Gasteiger partial charge in [0.25, 0.3) is 0 Å². The van der Waals surface area contributed by atoms with Crippen LogP contribution < -0.4 is 0 Å². The molecule has 5 atom stereocenters. The SMILES string of the molecule is CO[C@H]1[C@@H]2OC(C)(C)O[C@@H]2O[C@H]1C1COC(C)(C)O1. The minimum absolute atomic E-state index is 0.166. The van der Waals surface area contributed by atoms with Crippen molar-refractivity contribution < 1.29 is 28.4 Å². The Morgan fingerprint density at radius 2 is 1.68 bits per heavy atom. The average Bonchev–Trinajstić information content (AvgIpc) is 2.87. The van der Waals surface area contributed by atoms with Gasteiger partial charge in [-0.2, -0.15) is 0 Å². The molecule has 0 N–H and O–H groups in total. The Bertz CT molecular complexity index is 355. The molecule has 6 nitrogen and oxygen atoms in total. The van der Waals surface area contributed by atoms with Crippen LogP contribution in [0.4, 0.5) is 0 Å². The number of ether oxygens (including phenoxy) is 6. The highest BCUT2D eigenvalue weighted by Gasteiger charge is 2.58. The Morgan fingerprint density at radius 3 is 2.26 bits per heavy atom. The van der Waals surface area contributed by atoms with E-state index in [4.69, 9.17) is 28.4 Å². The second kappa shape index (κ2) is 4.38. The standard InChI is InChI=1S/C13H22O6/c1-12(2)15-6-7(17-12)8-9(14-5)10-11(16-8)19-13(3,4)18-10/h7-11H,6H2,1-5H3/t7?,8-,9+,10-,11-/m0/s1. The van der Waals surface area contributed by atoms with Crippen molar-refractivity contribution in [1.29, 1.82) is 0 Å². The highest BCUT2D eigenvalue weighted by atomic mass is 16.8. The number of rotatable bonds is 2. The molecule has 3 saturated heterocycles. The van der Waals surface area contributed by atoms with Crippen LogP contribution in [0.15, 0.2) is 0 Å². The van der Waals surface area contributed by atoms with Gasteiger partial charge in [0.2, 0.25) is 0 Å². The number of hydrogen-bond acceptors (Lipinski definition) is 6. The molecule has 0 amide bonds. The lowest BCUT2D eigenvalue weighted by Gasteiger charge is -2.28. The van der Waals surface area contributed by atoms with Crippen molar-refractivity contribution in [1.82, 2.24) is 0 Å². The second-order valence-electron chi connectivity index (χ2n) is 6.14. The van der Waals surface area contributed by atoms with Crippen molar-refractivity contribution >= 4 is 0 Å². The summed E-state index contributed by atoms with van der Waals surface area (Å²) < 4.78 is 34.5. The Morgan fingerprint density at radius 1 is 0.947 bits per heavy atom. The number of methoxy groups -OCH3 is 1. The van der Waals surface area contributed by atoms with Gasteiger partial charge in [-0.1, -0.05) is 0 Å². The third-order valence-corrected chi connectivity index (χ3v) is 3.70. The molecule has 0 aromatic carbocycles. The van der Waals surface area contributed by atoms with Gasteiger partial charge in [0.15, 0.2) is 17.9 Å². The van der Waals surface area contributed by atoms with E-state index < -0.39 is 17.9 Å². The van der Waals surface area contributed by atoms with Crippen LogP contribution in [0, 0.1) is 0 Å². The maximum Gasteiger partial charge on any atom is 0.190 e. The monoisotopic (exact) mass is 274 g/mol. The molecule has 19 heavy (non-hydrogen) atoms. The van der Waals surface area contributed by atoms with Crippen molar-refractivity contribution in [2.24, 2.45) is 0 Å². The molecule has 0 saturated carbocycles. The summed E-state index contributed by atoms with van der Waals surface area (Å²) in [5.41, 5.74) is 0. The summed E-state index contributed by atoms with van der Waals surface area (Å²) in [5.74, 6) is -1.21. The van der Waals surface area contributed by atoms with Gasteiger partial charge >= 0.3 is 0 Å². The maximum atomic E-state index is 5.92. The van der Waals surface area contributed by atoms with E-state index in [0.29, 0.717) is 6.61 Å². The van der Waals surface area contributed by atoms with E-state index in [1.54, 1.807) is 7.11 Å². The first-order valence-electron chi connectivity index (χ1n) is 6.67. The van der Waals surface area contributed by atoms with Crippen LogP contribution in [-0.2, 0) is 28.4 Å². The fourth-order valence-electron chi connectivity index (χ4n) is 2.95. The Balaban J connectivity index is 1.72. The zero-order valence-electron chi connectivity index (χ0n) is 12.0. The van der Waals surface area contributed by atoms with Crippen LogP contribution in [0.5, 0.6) is 0 Å². The molecule has 0 bridgehead atoms. The smallest absolute Gasteiger partial charge is 0.190 e. The molecule has 3 aliphatic rings. The fraction of sp³-hybridized carbons (Fsp3) is 1.00. The van der Waals surface area contributed by atoms with Gasteiger partial charge in [-0.25, -0.2) is 0 Å². The molecular formula is C13H22O6. The molecule has 110 valence electrons. The molecule has 0 aromatic rings. The maximum absolute atomic E-state index is 5.92. The molecule has 3 fully saturated rings. The van der Waals surface area contributed by atoms with Crippen molar-refractivity contribution in [3.63, 3.8) is 0 Å². The zero-order valence-corrected chi connectivity index (χ0v) is 12.0. The van der Waals surface area contributed by atoms with Gasteiger partial charge in [-0.3, -0.25) is 0 Å². The lowest BCUT2D eigenvalue weighted by atomic mass is 10.1. The van der Waals surface area contributed by atoms with E-state index in [9.17, 15) is 0 Å². The molecule has 3 heterocycles. The second-order valence-corrected chi connectivity index (χ2v) is 6.14. The molecular weight excluding hydrogens is 252 g/mol. The van der Waals surface area contributed by atoms with E-state index in [-0.39, 0.29) is 24.4 Å². The van der Waals surface area contributed by atoms with Crippen LogP contribution in [0.2, 0.25) is 0 Å². The van der Waals surface area contributed by atoms with Crippen molar-refractivity contribution in [2.75, 3.05) is 13.7 Å². The van der Waals surface area contributed by atoms with Crippen LogP contribution in [0.1, 0.15) is 27.7 Å². The van der Waals surface area contributed by atoms with Gasteiger partial charge in [-0.15, -0.1) is 0 Å². The number of hydrogen-bond donors (Lipinski definition) is 0. The normalized spacial score (nSPS) is 47.5. The molecule has 1 unspecified atom stereocenters.